The number of nitrogens with zero attached hydrogens (tertiary/aromatic N) is 1. The number of rotatable bonds is 1. The van der Waals surface area contributed by atoms with Gasteiger partial charge in [-0.3, -0.25) is 4.90 Å². The van der Waals surface area contributed by atoms with E-state index in [1.807, 2.05) is 0 Å². The van der Waals surface area contributed by atoms with E-state index in [4.69, 9.17) is 5.73 Å². The SMILES string of the molecule is CC1CN(C2CCCC(C)(C)C2)CC1N. The van der Waals surface area contributed by atoms with Crippen molar-refractivity contribution in [2.75, 3.05) is 13.1 Å². The van der Waals surface area contributed by atoms with E-state index in [0.29, 0.717) is 17.4 Å². The fourth-order valence-corrected chi connectivity index (χ4v) is 3.30. The zero-order valence-electron chi connectivity index (χ0n) is 10.5. The minimum atomic E-state index is 0.412. The molecule has 0 aromatic rings. The van der Waals surface area contributed by atoms with Gasteiger partial charge in [0.1, 0.15) is 0 Å². The van der Waals surface area contributed by atoms with Crippen molar-refractivity contribution in [3.8, 4) is 0 Å². The highest BCUT2D eigenvalue weighted by Gasteiger charge is 2.36. The smallest absolute Gasteiger partial charge is 0.0206 e. The highest BCUT2D eigenvalue weighted by atomic mass is 15.2. The Morgan fingerprint density at radius 1 is 1.27 bits per heavy atom. The van der Waals surface area contributed by atoms with Crippen LogP contribution in [0.3, 0.4) is 0 Å². The topological polar surface area (TPSA) is 29.3 Å². The molecule has 2 nitrogen and oxygen atoms in total. The summed E-state index contributed by atoms with van der Waals surface area (Å²) in [4.78, 5) is 2.65. The molecule has 1 saturated carbocycles. The Balaban J connectivity index is 1.94. The zero-order valence-corrected chi connectivity index (χ0v) is 10.5. The van der Waals surface area contributed by atoms with Gasteiger partial charge in [-0.2, -0.15) is 0 Å². The van der Waals surface area contributed by atoms with Crippen LogP contribution >= 0.6 is 0 Å². The molecule has 15 heavy (non-hydrogen) atoms. The summed E-state index contributed by atoms with van der Waals surface area (Å²) >= 11 is 0. The Morgan fingerprint density at radius 3 is 2.53 bits per heavy atom. The molecule has 0 amide bonds. The van der Waals surface area contributed by atoms with Crippen molar-refractivity contribution in [1.82, 2.24) is 4.90 Å². The van der Waals surface area contributed by atoms with Crippen LogP contribution in [0, 0.1) is 11.3 Å². The Bertz CT molecular complexity index is 215. The van der Waals surface area contributed by atoms with Crippen LogP contribution in [0.2, 0.25) is 0 Å². The zero-order chi connectivity index (χ0) is 11.1. The molecule has 1 heterocycles. The van der Waals surface area contributed by atoms with E-state index in [1.165, 1.54) is 32.2 Å². The van der Waals surface area contributed by atoms with Gasteiger partial charge in [-0.1, -0.05) is 27.2 Å². The quantitative estimate of drug-likeness (QED) is 0.719. The highest BCUT2D eigenvalue weighted by molar-refractivity contribution is 4.92. The normalized spacial score (nSPS) is 42.0. The molecule has 0 spiro atoms. The number of likely N-dealkylation sites (tertiary alicyclic amines) is 1. The molecule has 1 aliphatic carbocycles. The molecule has 2 fully saturated rings. The molecule has 0 radical (unpaired) electrons. The summed E-state index contributed by atoms with van der Waals surface area (Å²) in [6, 6.07) is 1.22. The second kappa shape index (κ2) is 4.06. The summed E-state index contributed by atoms with van der Waals surface area (Å²) in [6.45, 7) is 9.47. The van der Waals surface area contributed by atoms with Gasteiger partial charge in [-0.25, -0.2) is 0 Å². The monoisotopic (exact) mass is 210 g/mol. The maximum Gasteiger partial charge on any atom is 0.0206 e. The van der Waals surface area contributed by atoms with Crippen molar-refractivity contribution in [2.24, 2.45) is 17.1 Å². The lowest BCUT2D eigenvalue weighted by Gasteiger charge is -2.39. The Hall–Kier alpha value is -0.0800. The van der Waals surface area contributed by atoms with Crippen molar-refractivity contribution in [3.05, 3.63) is 0 Å². The van der Waals surface area contributed by atoms with Gasteiger partial charge >= 0.3 is 0 Å². The van der Waals surface area contributed by atoms with Gasteiger partial charge in [0.15, 0.2) is 0 Å². The van der Waals surface area contributed by atoms with Crippen LogP contribution in [0.1, 0.15) is 46.5 Å². The van der Waals surface area contributed by atoms with Crippen molar-refractivity contribution in [3.63, 3.8) is 0 Å². The summed E-state index contributed by atoms with van der Waals surface area (Å²) in [5.41, 5.74) is 6.66. The van der Waals surface area contributed by atoms with Crippen molar-refractivity contribution < 1.29 is 0 Å². The number of hydrogen-bond donors (Lipinski definition) is 1. The van der Waals surface area contributed by atoms with Gasteiger partial charge < -0.3 is 5.73 Å². The van der Waals surface area contributed by atoms with E-state index < -0.39 is 0 Å². The minimum absolute atomic E-state index is 0.412. The third-order valence-corrected chi connectivity index (χ3v) is 4.39. The van der Waals surface area contributed by atoms with E-state index in [9.17, 15) is 0 Å². The fraction of sp³-hybridized carbons (Fsp3) is 1.00. The van der Waals surface area contributed by atoms with Crippen LogP contribution in [0.25, 0.3) is 0 Å². The molecule has 2 N–H and O–H groups in total. The van der Waals surface area contributed by atoms with Gasteiger partial charge in [0.05, 0.1) is 0 Å². The molecular formula is C13H26N2. The minimum Gasteiger partial charge on any atom is -0.326 e. The Labute approximate surface area is 94.2 Å². The second-order valence-corrected chi connectivity index (χ2v) is 6.51. The first kappa shape index (κ1) is 11.4. The summed E-state index contributed by atoms with van der Waals surface area (Å²) in [7, 11) is 0. The largest absolute Gasteiger partial charge is 0.326 e. The molecule has 88 valence electrons. The molecule has 0 aromatic carbocycles. The first-order chi connectivity index (χ1) is 6.98. The molecule has 3 unspecified atom stereocenters. The van der Waals surface area contributed by atoms with Crippen LogP contribution in [0.4, 0.5) is 0 Å². The van der Waals surface area contributed by atoms with E-state index in [2.05, 4.69) is 25.7 Å². The Morgan fingerprint density at radius 2 is 2.00 bits per heavy atom. The predicted octanol–water partition coefficient (Wildman–Crippen LogP) is 2.23. The molecule has 2 rings (SSSR count). The fourth-order valence-electron chi connectivity index (χ4n) is 3.30. The lowest BCUT2D eigenvalue weighted by molar-refractivity contribution is 0.110. The predicted molar refractivity (Wildman–Crippen MR) is 64.7 cm³/mol. The Kier molecular flexibility index (Phi) is 3.09. The van der Waals surface area contributed by atoms with Crippen LogP contribution in [-0.2, 0) is 0 Å². The molecule has 0 bridgehead atoms. The van der Waals surface area contributed by atoms with E-state index in [-0.39, 0.29) is 0 Å². The van der Waals surface area contributed by atoms with Gasteiger partial charge in [0.2, 0.25) is 0 Å². The maximum atomic E-state index is 6.10. The van der Waals surface area contributed by atoms with Crippen LogP contribution in [0.15, 0.2) is 0 Å². The van der Waals surface area contributed by atoms with Gasteiger partial charge in [-0.05, 0) is 30.6 Å². The molecule has 3 atom stereocenters. The molecule has 2 heteroatoms. The third kappa shape index (κ3) is 2.54. The van der Waals surface area contributed by atoms with Crippen LogP contribution in [-0.4, -0.2) is 30.1 Å². The van der Waals surface area contributed by atoms with Crippen molar-refractivity contribution >= 4 is 0 Å². The molecular weight excluding hydrogens is 184 g/mol. The molecule has 0 aromatic heterocycles. The van der Waals surface area contributed by atoms with Gasteiger partial charge in [0.25, 0.3) is 0 Å². The molecule has 2 aliphatic rings. The summed E-state index contributed by atoms with van der Waals surface area (Å²) < 4.78 is 0. The highest BCUT2D eigenvalue weighted by Crippen LogP contribution is 2.38. The molecule has 1 saturated heterocycles. The van der Waals surface area contributed by atoms with Crippen LogP contribution < -0.4 is 5.73 Å². The standard InChI is InChI=1S/C13H26N2/c1-10-8-15(9-12(10)14)11-5-4-6-13(2,3)7-11/h10-12H,4-9,14H2,1-3H3. The second-order valence-electron chi connectivity index (χ2n) is 6.51. The van der Waals surface area contributed by atoms with Crippen LogP contribution in [0.5, 0.6) is 0 Å². The van der Waals surface area contributed by atoms with E-state index in [1.54, 1.807) is 0 Å². The number of hydrogen-bond acceptors (Lipinski definition) is 2. The number of nitrogens with two attached hydrogens (primary N) is 1. The lowest BCUT2D eigenvalue weighted by Crippen LogP contribution is -2.40. The van der Waals surface area contributed by atoms with E-state index in [0.717, 1.165) is 12.6 Å². The first-order valence-electron chi connectivity index (χ1n) is 6.47. The summed E-state index contributed by atoms with van der Waals surface area (Å²) in [5.74, 6) is 0.690. The average molecular weight is 210 g/mol. The van der Waals surface area contributed by atoms with Gasteiger partial charge in [0, 0.05) is 25.2 Å². The lowest BCUT2D eigenvalue weighted by atomic mass is 9.75. The average Bonchev–Trinajstić information content (AvgIpc) is 2.45. The summed E-state index contributed by atoms with van der Waals surface area (Å²) in [6.07, 6.45) is 5.56. The van der Waals surface area contributed by atoms with Gasteiger partial charge in [-0.15, -0.1) is 0 Å². The van der Waals surface area contributed by atoms with Crippen molar-refractivity contribution in [2.45, 2.75) is 58.5 Å². The van der Waals surface area contributed by atoms with E-state index >= 15 is 0 Å². The maximum absolute atomic E-state index is 6.10. The molecule has 1 aliphatic heterocycles. The third-order valence-electron chi connectivity index (χ3n) is 4.39. The summed E-state index contributed by atoms with van der Waals surface area (Å²) in [5, 5.41) is 0. The van der Waals surface area contributed by atoms with Crippen molar-refractivity contribution in [1.29, 1.82) is 0 Å². The first-order valence-corrected chi connectivity index (χ1v) is 6.47.